The molecule has 1 aliphatic heterocycles. The van der Waals surface area contributed by atoms with Crippen LogP contribution in [0.2, 0.25) is 0 Å². The molecule has 29 heavy (non-hydrogen) atoms. The zero-order valence-electron chi connectivity index (χ0n) is 16.1. The number of anilines is 1. The zero-order valence-corrected chi connectivity index (χ0v) is 16.9. The Morgan fingerprint density at radius 3 is 2.83 bits per heavy atom. The molecule has 0 aliphatic carbocycles. The number of aliphatic imine (C=N–C) groups is 1. The maximum Gasteiger partial charge on any atom is 0.236 e. The molecule has 0 unspecified atom stereocenters. The number of hydrogen-bond donors (Lipinski definition) is 2. The number of sulfonamides is 1. The van der Waals surface area contributed by atoms with Gasteiger partial charge in [0.1, 0.15) is 0 Å². The molecule has 9 nitrogen and oxygen atoms in total. The molecule has 0 spiro atoms. The number of guanidine groups is 1. The third-order valence-corrected chi connectivity index (χ3v) is 6.63. The van der Waals surface area contributed by atoms with E-state index in [9.17, 15) is 8.42 Å². The van der Waals surface area contributed by atoms with E-state index in [1.54, 1.807) is 7.05 Å². The number of aromatic nitrogens is 3. The Morgan fingerprint density at radius 2 is 1.97 bits per heavy atom. The van der Waals surface area contributed by atoms with Gasteiger partial charge in [-0.25, -0.2) is 8.42 Å². The van der Waals surface area contributed by atoms with Gasteiger partial charge in [-0.15, -0.1) is 10.2 Å². The summed E-state index contributed by atoms with van der Waals surface area (Å²) in [6.45, 7) is 1.16. The minimum absolute atomic E-state index is 0.0180. The van der Waals surface area contributed by atoms with E-state index in [1.807, 2.05) is 53.1 Å². The largest absolute Gasteiger partial charge is 0.355 e. The molecule has 1 aromatic carbocycles. The average molecular weight is 414 g/mol. The van der Waals surface area contributed by atoms with Crippen molar-refractivity contribution in [2.24, 2.45) is 4.99 Å². The summed E-state index contributed by atoms with van der Waals surface area (Å²) in [5.74, 6) is 1.23. The first-order chi connectivity index (χ1) is 14.1. The van der Waals surface area contributed by atoms with Gasteiger partial charge in [-0.05, 0) is 30.2 Å². The topological polar surface area (TPSA) is 104 Å². The summed E-state index contributed by atoms with van der Waals surface area (Å²) < 4.78 is 28.9. The van der Waals surface area contributed by atoms with Gasteiger partial charge in [-0.2, -0.15) is 0 Å². The lowest BCUT2D eigenvalue weighted by molar-refractivity contribution is 0.590. The van der Waals surface area contributed by atoms with Crippen molar-refractivity contribution >= 4 is 27.3 Å². The van der Waals surface area contributed by atoms with Gasteiger partial charge in [0.05, 0.1) is 18.0 Å². The van der Waals surface area contributed by atoms with Gasteiger partial charge in [0.15, 0.2) is 17.4 Å². The highest BCUT2D eigenvalue weighted by molar-refractivity contribution is 7.92. The maximum absolute atomic E-state index is 12.8. The van der Waals surface area contributed by atoms with Gasteiger partial charge in [-0.1, -0.05) is 24.3 Å². The summed E-state index contributed by atoms with van der Waals surface area (Å²) in [5.41, 5.74) is 2.62. The van der Waals surface area contributed by atoms with Gasteiger partial charge in [0, 0.05) is 26.3 Å². The van der Waals surface area contributed by atoms with Crippen molar-refractivity contribution in [1.82, 2.24) is 25.2 Å². The minimum atomic E-state index is -3.40. The van der Waals surface area contributed by atoms with Crippen LogP contribution in [0.1, 0.15) is 11.4 Å². The summed E-state index contributed by atoms with van der Waals surface area (Å²) in [7, 11) is -1.76. The number of nitrogens with one attached hydrogen (secondary N) is 2. The molecule has 3 heterocycles. The molecule has 3 aromatic rings. The molecule has 152 valence electrons. The number of hydrogen-bond acceptors (Lipinski definition) is 5. The van der Waals surface area contributed by atoms with Crippen molar-refractivity contribution in [3.8, 4) is 0 Å². The van der Waals surface area contributed by atoms with Crippen molar-refractivity contribution in [3.63, 3.8) is 0 Å². The number of para-hydroxylation sites is 1. The summed E-state index contributed by atoms with van der Waals surface area (Å²) >= 11 is 0. The molecule has 0 radical (unpaired) electrons. The molecule has 10 heteroatoms. The molecule has 1 aliphatic rings. The van der Waals surface area contributed by atoms with Crippen LogP contribution in [0.25, 0.3) is 5.65 Å². The van der Waals surface area contributed by atoms with Crippen molar-refractivity contribution in [2.75, 3.05) is 30.2 Å². The van der Waals surface area contributed by atoms with E-state index in [4.69, 9.17) is 0 Å². The first kappa shape index (κ1) is 19.2. The first-order valence-electron chi connectivity index (χ1n) is 9.40. The van der Waals surface area contributed by atoms with Crippen LogP contribution in [0.3, 0.4) is 0 Å². The van der Waals surface area contributed by atoms with E-state index in [2.05, 4.69) is 25.8 Å². The molecule has 0 amide bonds. The first-order valence-corrected chi connectivity index (χ1v) is 11.0. The molecule has 0 saturated heterocycles. The SMILES string of the molecule is CN=C(NCCS(=O)(=O)N1CCc2ccccc21)NCc1nnc2ccccn12. The molecular weight excluding hydrogens is 390 g/mol. The average Bonchev–Trinajstić information content (AvgIpc) is 3.35. The fourth-order valence-corrected chi connectivity index (χ4v) is 4.83. The number of fused-ring (bicyclic) bond motifs is 2. The van der Waals surface area contributed by atoms with Crippen LogP contribution in [0, 0.1) is 0 Å². The lowest BCUT2D eigenvalue weighted by Gasteiger charge is -2.20. The van der Waals surface area contributed by atoms with E-state index >= 15 is 0 Å². The van der Waals surface area contributed by atoms with Gasteiger partial charge in [-0.3, -0.25) is 13.7 Å². The van der Waals surface area contributed by atoms with Crippen LogP contribution >= 0.6 is 0 Å². The molecule has 2 N–H and O–H groups in total. The second-order valence-electron chi connectivity index (χ2n) is 6.66. The number of benzene rings is 1. The normalized spacial score (nSPS) is 14.2. The van der Waals surface area contributed by atoms with Crippen LogP contribution < -0.4 is 14.9 Å². The fourth-order valence-electron chi connectivity index (χ4n) is 3.40. The van der Waals surface area contributed by atoms with Crippen LogP contribution in [0.5, 0.6) is 0 Å². The van der Waals surface area contributed by atoms with E-state index in [1.165, 1.54) is 4.31 Å². The Labute approximate surface area is 169 Å². The number of rotatable bonds is 6. The van der Waals surface area contributed by atoms with Crippen molar-refractivity contribution in [3.05, 3.63) is 60.0 Å². The Bertz CT molecular complexity index is 1140. The Hall–Kier alpha value is -3.14. The highest BCUT2D eigenvalue weighted by atomic mass is 32.2. The van der Waals surface area contributed by atoms with Gasteiger partial charge in [0.25, 0.3) is 0 Å². The lowest BCUT2D eigenvalue weighted by atomic mass is 10.2. The number of nitrogens with zero attached hydrogens (tertiary/aromatic N) is 5. The predicted molar refractivity (Wildman–Crippen MR) is 112 cm³/mol. The standard InChI is InChI=1S/C19H23N7O2S/c1-20-19(22-14-18-24-23-17-8-4-5-11-25(17)18)21-10-13-29(27,28)26-12-9-15-6-2-3-7-16(15)26/h2-8,11H,9-10,12-14H2,1H3,(H2,20,21,22). The van der Waals surface area contributed by atoms with Crippen LogP contribution in [0.15, 0.2) is 53.7 Å². The Balaban J connectivity index is 1.32. The molecule has 4 rings (SSSR count). The third kappa shape index (κ3) is 4.02. The molecule has 2 aromatic heterocycles. The van der Waals surface area contributed by atoms with Gasteiger partial charge >= 0.3 is 0 Å². The molecule has 0 bridgehead atoms. The summed E-state index contributed by atoms with van der Waals surface area (Å²) in [5, 5.41) is 14.5. The van der Waals surface area contributed by atoms with E-state index in [0.29, 0.717) is 19.0 Å². The van der Waals surface area contributed by atoms with Gasteiger partial charge in [0.2, 0.25) is 10.0 Å². The van der Waals surface area contributed by atoms with Crippen molar-refractivity contribution in [1.29, 1.82) is 0 Å². The Morgan fingerprint density at radius 1 is 1.14 bits per heavy atom. The molecular formula is C19H23N7O2S. The smallest absolute Gasteiger partial charge is 0.236 e. The molecule has 0 fully saturated rings. The lowest BCUT2D eigenvalue weighted by Crippen LogP contribution is -2.41. The summed E-state index contributed by atoms with van der Waals surface area (Å²) in [6, 6.07) is 13.3. The van der Waals surface area contributed by atoms with Crippen LogP contribution in [-0.2, 0) is 23.0 Å². The Kier molecular flexibility index (Phi) is 5.34. The van der Waals surface area contributed by atoms with Crippen molar-refractivity contribution < 1.29 is 8.42 Å². The maximum atomic E-state index is 12.8. The van der Waals surface area contributed by atoms with E-state index in [0.717, 1.165) is 29.1 Å². The van der Waals surface area contributed by atoms with Gasteiger partial charge < -0.3 is 10.6 Å². The monoisotopic (exact) mass is 413 g/mol. The molecule has 0 atom stereocenters. The summed E-state index contributed by atoms with van der Waals surface area (Å²) in [6.07, 6.45) is 2.64. The second kappa shape index (κ2) is 8.08. The zero-order chi connectivity index (χ0) is 20.3. The molecule has 0 saturated carbocycles. The predicted octanol–water partition coefficient (Wildman–Crippen LogP) is 0.787. The quantitative estimate of drug-likeness (QED) is 0.457. The van der Waals surface area contributed by atoms with E-state index < -0.39 is 10.0 Å². The van der Waals surface area contributed by atoms with Crippen LogP contribution in [-0.4, -0.2) is 54.9 Å². The second-order valence-corrected chi connectivity index (χ2v) is 8.68. The summed E-state index contributed by atoms with van der Waals surface area (Å²) in [4.78, 5) is 4.15. The highest BCUT2D eigenvalue weighted by Gasteiger charge is 2.28. The highest BCUT2D eigenvalue weighted by Crippen LogP contribution is 2.29. The van der Waals surface area contributed by atoms with Crippen LogP contribution in [0.4, 0.5) is 5.69 Å². The third-order valence-electron chi connectivity index (χ3n) is 4.85. The minimum Gasteiger partial charge on any atom is -0.355 e. The number of pyridine rings is 1. The fraction of sp³-hybridized carbons (Fsp3) is 0.316. The van der Waals surface area contributed by atoms with E-state index in [-0.39, 0.29) is 12.3 Å². The van der Waals surface area contributed by atoms with Crippen molar-refractivity contribution in [2.45, 2.75) is 13.0 Å².